The average molecular weight is 212 g/mol. The Hall–Kier alpha value is -0.380. The maximum Gasteiger partial charge on any atom is 0.0615 e. The summed E-state index contributed by atoms with van der Waals surface area (Å²) < 4.78 is 5.13. The highest BCUT2D eigenvalue weighted by Gasteiger charge is 2.20. The molecular weight excluding hydrogens is 188 g/mol. The number of ether oxygens (including phenoxy) is 1. The minimum Gasteiger partial charge on any atom is -0.383 e. The van der Waals surface area contributed by atoms with Gasteiger partial charge >= 0.3 is 0 Å². The number of nitrogens with zero attached hydrogens (tertiary/aromatic N) is 1. The first-order valence-corrected chi connectivity index (χ1v) is 5.72. The first kappa shape index (κ1) is 12.7. The van der Waals surface area contributed by atoms with Crippen LogP contribution in [0.15, 0.2) is 12.2 Å². The van der Waals surface area contributed by atoms with Crippen LogP contribution in [0.25, 0.3) is 0 Å². The van der Waals surface area contributed by atoms with Gasteiger partial charge in [0.05, 0.1) is 6.61 Å². The van der Waals surface area contributed by atoms with Gasteiger partial charge in [-0.15, -0.1) is 0 Å². The lowest BCUT2D eigenvalue weighted by Crippen LogP contribution is -2.35. The summed E-state index contributed by atoms with van der Waals surface area (Å²) in [5.41, 5.74) is 1.26. The second-order valence-corrected chi connectivity index (χ2v) is 4.62. The number of rotatable bonds is 8. The Bertz CT molecular complexity index is 202. The van der Waals surface area contributed by atoms with Crippen LogP contribution < -0.4 is 5.32 Å². The van der Waals surface area contributed by atoms with E-state index in [0.717, 1.165) is 25.7 Å². The molecular formula is C12H24N2O. The summed E-state index contributed by atoms with van der Waals surface area (Å²) in [5.74, 6) is 0. The van der Waals surface area contributed by atoms with Crippen molar-refractivity contribution in [3.05, 3.63) is 12.2 Å². The third kappa shape index (κ3) is 5.30. The quantitative estimate of drug-likeness (QED) is 0.613. The molecule has 1 rings (SSSR count). The Morgan fingerprint density at radius 3 is 2.80 bits per heavy atom. The van der Waals surface area contributed by atoms with Crippen LogP contribution in [0.1, 0.15) is 19.8 Å². The lowest BCUT2D eigenvalue weighted by atomic mass is 10.2. The van der Waals surface area contributed by atoms with E-state index in [9.17, 15) is 0 Å². The molecule has 1 atom stereocenters. The van der Waals surface area contributed by atoms with Crippen LogP contribution in [-0.2, 0) is 4.74 Å². The monoisotopic (exact) mass is 212 g/mol. The maximum atomic E-state index is 5.13. The van der Waals surface area contributed by atoms with Gasteiger partial charge in [0.2, 0.25) is 0 Å². The average Bonchev–Trinajstić information content (AvgIpc) is 2.98. The molecule has 1 aliphatic carbocycles. The van der Waals surface area contributed by atoms with Crippen molar-refractivity contribution in [3.8, 4) is 0 Å². The Morgan fingerprint density at radius 2 is 2.27 bits per heavy atom. The number of hydrogen-bond acceptors (Lipinski definition) is 3. The minimum absolute atomic E-state index is 0.452. The molecule has 0 aromatic heterocycles. The maximum absolute atomic E-state index is 5.13. The molecule has 1 N–H and O–H groups in total. The summed E-state index contributed by atoms with van der Waals surface area (Å²) in [6, 6.07) is 1.22. The van der Waals surface area contributed by atoms with Crippen molar-refractivity contribution in [2.24, 2.45) is 0 Å². The van der Waals surface area contributed by atoms with Crippen LogP contribution in [-0.4, -0.2) is 50.8 Å². The zero-order valence-electron chi connectivity index (χ0n) is 10.3. The van der Waals surface area contributed by atoms with E-state index in [-0.39, 0.29) is 0 Å². The molecule has 0 bridgehead atoms. The van der Waals surface area contributed by atoms with E-state index in [2.05, 4.69) is 30.8 Å². The highest BCUT2D eigenvalue weighted by Crippen LogP contribution is 2.18. The van der Waals surface area contributed by atoms with Crippen molar-refractivity contribution in [3.63, 3.8) is 0 Å². The van der Waals surface area contributed by atoms with Gasteiger partial charge in [0.25, 0.3) is 0 Å². The van der Waals surface area contributed by atoms with Crippen molar-refractivity contribution < 1.29 is 4.74 Å². The summed E-state index contributed by atoms with van der Waals surface area (Å²) in [5, 5.41) is 3.48. The molecule has 0 saturated heterocycles. The van der Waals surface area contributed by atoms with Crippen LogP contribution in [0.2, 0.25) is 0 Å². The van der Waals surface area contributed by atoms with Crippen molar-refractivity contribution in [2.75, 3.05) is 33.9 Å². The van der Waals surface area contributed by atoms with Crippen molar-refractivity contribution in [2.45, 2.75) is 31.8 Å². The zero-order chi connectivity index (χ0) is 11.3. The van der Waals surface area contributed by atoms with E-state index >= 15 is 0 Å². The van der Waals surface area contributed by atoms with E-state index in [0.29, 0.717) is 6.04 Å². The van der Waals surface area contributed by atoms with Crippen LogP contribution >= 0.6 is 0 Å². The van der Waals surface area contributed by atoms with Gasteiger partial charge in [-0.05, 0) is 32.4 Å². The number of hydrogen-bond donors (Lipinski definition) is 1. The molecule has 3 heteroatoms. The molecule has 1 unspecified atom stereocenters. The highest BCUT2D eigenvalue weighted by molar-refractivity contribution is 5.01. The van der Waals surface area contributed by atoms with Gasteiger partial charge in [0.1, 0.15) is 0 Å². The lowest BCUT2D eigenvalue weighted by molar-refractivity contribution is 0.120. The Balaban J connectivity index is 2.11. The van der Waals surface area contributed by atoms with Gasteiger partial charge < -0.3 is 10.1 Å². The summed E-state index contributed by atoms with van der Waals surface area (Å²) in [4.78, 5) is 2.28. The predicted molar refractivity (Wildman–Crippen MR) is 64.1 cm³/mol. The van der Waals surface area contributed by atoms with E-state index < -0.39 is 0 Å². The molecule has 0 spiro atoms. The standard InChI is InChI=1S/C12H24N2O/c1-10(7-13-12-5-6-12)8-14(3)11(2)9-15-4/h11-13H,1,5-9H2,2-4H3. The van der Waals surface area contributed by atoms with Gasteiger partial charge in [0.15, 0.2) is 0 Å². The number of methoxy groups -OCH3 is 1. The fourth-order valence-electron chi connectivity index (χ4n) is 1.51. The van der Waals surface area contributed by atoms with Gasteiger partial charge in [-0.3, -0.25) is 4.90 Å². The Labute approximate surface area is 93.5 Å². The molecule has 0 aromatic carbocycles. The largest absolute Gasteiger partial charge is 0.383 e. The summed E-state index contributed by atoms with van der Waals surface area (Å²) in [6.07, 6.45) is 2.67. The smallest absolute Gasteiger partial charge is 0.0615 e. The second-order valence-electron chi connectivity index (χ2n) is 4.62. The number of likely N-dealkylation sites (N-methyl/N-ethyl adjacent to an activating group) is 1. The van der Waals surface area contributed by atoms with Gasteiger partial charge in [-0.25, -0.2) is 0 Å². The third-order valence-electron chi connectivity index (χ3n) is 2.85. The fourth-order valence-corrected chi connectivity index (χ4v) is 1.51. The minimum atomic E-state index is 0.452. The summed E-state index contributed by atoms with van der Waals surface area (Å²) in [7, 11) is 3.86. The molecule has 88 valence electrons. The first-order chi connectivity index (χ1) is 7.13. The van der Waals surface area contributed by atoms with E-state index in [1.807, 2.05) is 0 Å². The van der Waals surface area contributed by atoms with Crippen molar-refractivity contribution >= 4 is 0 Å². The Morgan fingerprint density at radius 1 is 1.60 bits per heavy atom. The SMILES string of the molecule is C=C(CNC1CC1)CN(C)C(C)COC. The van der Waals surface area contributed by atoms with Gasteiger partial charge in [-0.2, -0.15) is 0 Å². The van der Waals surface area contributed by atoms with E-state index in [4.69, 9.17) is 4.74 Å². The van der Waals surface area contributed by atoms with Crippen LogP contribution in [0.4, 0.5) is 0 Å². The van der Waals surface area contributed by atoms with Gasteiger partial charge in [-0.1, -0.05) is 6.58 Å². The normalized spacial score (nSPS) is 18.1. The summed E-state index contributed by atoms with van der Waals surface area (Å²) in [6.45, 7) is 8.94. The molecule has 1 aliphatic rings. The molecule has 0 amide bonds. The van der Waals surface area contributed by atoms with E-state index in [1.165, 1.54) is 18.4 Å². The lowest BCUT2D eigenvalue weighted by Gasteiger charge is -2.25. The zero-order valence-corrected chi connectivity index (χ0v) is 10.3. The van der Waals surface area contributed by atoms with Crippen LogP contribution in [0, 0.1) is 0 Å². The molecule has 1 saturated carbocycles. The highest BCUT2D eigenvalue weighted by atomic mass is 16.5. The van der Waals surface area contributed by atoms with Crippen LogP contribution in [0.3, 0.4) is 0 Å². The van der Waals surface area contributed by atoms with Crippen molar-refractivity contribution in [1.29, 1.82) is 0 Å². The fraction of sp³-hybridized carbons (Fsp3) is 0.833. The molecule has 0 aliphatic heterocycles. The molecule has 1 fully saturated rings. The molecule has 0 heterocycles. The second kappa shape index (κ2) is 6.26. The Kier molecular flexibility index (Phi) is 5.29. The van der Waals surface area contributed by atoms with Crippen molar-refractivity contribution in [1.82, 2.24) is 10.2 Å². The molecule has 15 heavy (non-hydrogen) atoms. The molecule has 0 radical (unpaired) electrons. The topological polar surface area (TPSA) is 24.5 Å². The molecule has 3 nitrogen and oxygen atoms in total. The number of nitrogens with one attached hydrogen (secondary N) is 1. The summed E-state index contributed by atoms with van der Waals surface area (Å²) >= 11 is 0. The molecule has 0 aromatic rings. The van der Waals surface area contributed by atoms with Gasteiger partial charge in [0, 0.05) is 32.3 Å². The first-order valence-electron chi connectivity index (χ1n) is 5.72. The third-order valence-corrected chi connectivity index (χ3v) is 2.85. The predicted octanol–water partition coefficient (Wildman–Crippen LogP) is 1.26. The van der Waals surface area contributed by atoms with E-state index in [1.54, 1.807) is 7.11 Å². The van der Waals surface area contributed by atoms with Crippen LogP contribution in [0.5, 0.6) is 0 Å².